The molecule has 1 aromatic heterocycles. The summed E-state index contributed by atoms with van der Waals surface area (Å²) in [4.78, 5) is 6.02. The zero-order valence-electron chi connectivity index (χ0n) is 12.1. The Bertz CT molecular complexity index is 608. The second-order valence-corrected chi connectivity index (χ2v) is 7.62. The molecule has 1 aromatic rings. The summed E-state index contributed by atoms with van der Waals surface area (Å²) in [5, 5.41) is 0.182. The lowest BCUT2D eigenvalue weighted by Gasteiger charge is -2.26. The van der Waals surface area contributed by atoms with Crippen LogP contribution in [0.4, 0.5) is 5.82 Å². The molecule has 0 saturated carbocycles. The number of anilines is 1. The molecule has 1 saturated heterocycles. The van der Waals surface area contributed by atoms with E-state index in [1.54, 1.807) is 0 Å². The molecule has 2 rings (SSSR count). The number of hydrazine groups is 1. The number of nitrogens with two attached hydrogens (primary N) is 1. The van der Waals surface area contributed by atoms with Crippen LogP contribution in [-0.4, -0.2) is 55.8 Å². The fourth-order valence-corrected chi connectivity index (χ4v) is 4.48. The molecule has 0 aromatic carbocycles. The quantitative estimate of drug-likeness (QED) is 0.610. The third-order valence-electron chi connectivity index (χ3n) is 3.46. The lowest BCUT2D eigenvalue weighted by molar-refractivity contribution is 0.291. The fourth-order valence-electron chi connectivity index (χ4n) is 2.53. The molecular formula is C12H20ClN5O2S. The van der Waals surface area contributed by atoms with Crippen molar-refractivity contribution in [3.8, 4) is 0 Å². The van der Waals surface area contributed by atoms with Gasteiger partial charge in [0.2, 0.25) is 10.0 Å². The summed E-state index contributed by atoms with van der Waals surface area (Å²) < 4.78 is 27.0. The molecule has 1 fully saturated rings. The van der Waals surface area contributed by atoms with Crippen molar-refractivity contribution in [2.75, 3.05) is 32.6 Å². The van der Waals surface area contributed by atoms with Gasteiger partial charge in [-0.25, -0.2) is 19.2 Å². The SMILES string of the molecule is CN(C)CC1CCCN1S(=O)(=O)c1cnc(NN)c(Cl)c1. The monoisotopic (exact) mass is 333 g/mol. The number of aromatic nitrogens is 1. The van der Waals surface area contributed by atoms with Gasteiger partial charge in [0.05, 0.1) is 5.02 Å². The molecule has 2 heterocycles. The van der Waals surface area contributed by atoms with Crippen molar-refractivity contribution in [2.45, 2.75) is 23.8 Å². The highest BCUT2D eigenvalue weighted by Gasteiger charge is 2.35. The van der Waals surface area contributed by atoms with Crippen LogP contribution in [0.5, 0.6) is 0 Å². The average Bonchev–Trinajstić information content (AvgIpc) is 2.86. The first-order valence-corrected chi connectivity index (χ1v) is 8.47. The van der Waals surface area contributed by atoms with Crippen molar-refractivity contribution >= 4 is 27.4 Å². The van der Waals surface area contributed by atoms with Crippen molar-refractivity contribution in [3.05, 3.63) is 17.3 Å². The highest BCUT2D eigenvalue weighted by molar-refractivity contribution is 7.89. The molecule has 21 heavy (non-hydrogen) atoms. The molecule has 0 aliphatic carbocycles. The predicted molar refractivity (Wildman–Crippen MR) is 82.5 cm³/mol. The molecule has 0 radical (unpaired) electrons. The first kappa shape index (κ1) is 16.4. The number of pyridine rings is 1. The van der Waals surface area contributed by atoms with E-state index in [0.717, 1.165) is 12.8 Å². The fraction of sp³-hybridized carbons (Fsp3) is 0.583. The minimum absolute atomic E-state index is 0.0175. The van der Waals surface area contributed by atoms with E-state index in [9.17, 15) is 8.42 Å². The molecule has 1 aliphatic rings. The van der Waals surface area contributed by atoms with Crippen LogP contribution in [0, 0.1) is 0 Å². The number of hydrogen-bond donors (Lipinski definition) is 2. The number of nitrogens with zero attached hydrogens (tertiary/aromatic N) is 3. The molecule has 7 nitrogen and oxygen atoms in total. The van der Waals surface area contributed by atoms with Gasteiger partial charge < -0.3 is 10.3 Å². The smallest absolute Gasteiger partial charge is 0.244 e. The Kier molecular flexibility index (Phi) is 5.05. The largest absolute Gasteiger partial charge is 0.308 e. The standard InChI is InChI=1S/C12H20ClN5O2S/c1-17(2)8-9-4-3-5-18(9)21(19,20)10-6-11(13)12(16-14)15-7-10/h6-7,9H,3-5,8,14H2,1-2H3,(H,15,16). The minimum atomic E-state index is -3.59. The van der Waals surface area contributed by atoms with Gasteiger partial charge in [-0.15, -0.1) is 0 Å². The number of nitrogen functional groups attached to an aromatic ring is 1. The van der Waals surface area contributed by atoms with Gasteiger partial charge in [0.15, 0.2) is 5.82 Å². The van der Waals surface area contributed by atoms with Crippen LogP contribution in [0.2, 0.25) is 5.02 Å². The first-order chi connectivity index (χ1) is 9.86. The third-order valence-corrected chi connectivity index (χ3v) is 5.66. The molecule has 0 amide bonds. The van der Waals surface area contributed by atoms with Crippen LogP contribution in [0.15, 0.2) is 17.2 Å². The zero-order chi connectivity index (χ0) is 15.6. The Balaban J connectivity index is 2.30. The van der Waals surface area contributed by atoms with Crippen molar-refractivity contribution in [2.24, 2.45) is 5.84 Å². The maximum absolute atomic E-state index is 12.7. The number of sulfonamides is 1. The summed E-state index contributed by atoms with van der Waals surface area (Å²) in [5.41, 5.74) is 2.32. The number of nitrogens with one attached hydrogen (secondary N) is 1. The minimum Gasteiger partial charge on any atom is -0.308 e. The number of halogens is 1. The molecule has 1 unspecified atom stereocenters. The van der Waals surface area contributed by atoms with Gasteiger partial charge in [0.1, 0.15) is 4.90 Å². The first-order valence-electron chi connectivity index (χ1n) is 6.65. The summed E-state index contributed by atoms with van der Waals surface area (Å²) in [6.45, 7) is 1.22. The van der Waals surface area contributed by atoms with E-state index in [0.29, 0.717) is 13.1 Å². The maximum atomic E-state index is 12.7. The number of likely N-dealkylation sites (N-methyl/N-ethyl adjacent to an activating group) is 1. The normalized spacial score (nSPS) is 20.1. The van der Waals surface area contributed by atoms with Gasteiger partial charge in [0.25, 0.3) is 0 Å². The lowest BCUT2D eigenvalue weighted by atomic mass is 10.2. The van der Waals surface area contributed by atoms with Crippen molar-refractivity contribution < 1.29 is 8.42 Å². The van der Waals surface area contributed by atoms with Gasteiger partial charge in [-0.05, 0) is 33.0 Å². The van der Waals surface area contributed by atoms with Gasteiger partial charge in [0, 0.05) is 25.3 Å². The van der Waals surface area contributed by atoms with E-state index < -0.39 is 10.0 Å². The topological polar surface area (TPSA) is 91.6 Å². The number of hydrogen-bond acceptors (Lipinski definition) is 6. The number of rotatable bonds is 5. The molecule has 1 aliphatic heterocycles. The summed E-state index contributed by atoms with van der Waals surface area (Å²) in [7, 11) is 0.278. The van der Waals surface area contributed by atoms with Crippen LogP contribution in [-0.2, 0) is 10.0 Å². The Hall–Kier alpha value is -0.930. The van der Waals surface area contributed by atoms with Crippen molar-refractivity contribution in [1.82, 2.24) is 14.2 Å². The van der Waals surface area contributed by atoms with E-state index in [-0.39, 0.29) is 21.8 Å². The van der Waals surface area contributed by atoms with E-state index in [1.807, 2.05) is 19.0 Å². The van der Waals surface area contributed by atoms with Crippen LogP contribution in [0.1, 0.15) is 12.8 Å². The summed E-state index contributed by atoms with van der Waals surface area (Å²) in [6, 6.07) is 1.36. The Morgan fingerprint density at radius 2 is 2.29 bits per heavy atom. The van der Waals surface area contributed by atoms with E-state index >= 15 is 0 Å². The molecule has 3 N–H and O–H groups in total. The highest BCUT2D eigenvalue weighted by atomic mass is 35.5. The molecule has 0 spiro atoms. The zero-order valence-corrected chi connectivity index (χ0v) is 13.7. The molecule has 118 valence electrons. The second kappa shape index (κ2) is 6.45. The summed E-state index contributed by atoms with van der Waals surface area (Å²) >= 11 is 5.97. The Morgan fingerprint density at radius 3 is 2.86 bits per heavy atom. The van der Waals surface area contributed by atoms with Gasteiger partial charge in [-0.1, -0.05) is 11.6 Å². The van der Waals surface area contributed by atoms with Gasteiger partial charge in [-0.2, -0.15) is 4.31 Å². The highest BCUT2D eigenvalue weighted by Crippen LogP contribution is 2.29. The predicted octanol–water partition coefficient (Wildman–Crippen LogP) is 0.735. The Morgan fingerprint density at radius 1 is 1.57 bits per heavy atom. The summed E-state index contributed by atoms with van der Waals surface area (Å²) in [6.07, 6.45) is 3.00. The van der Waals surface area contributed by atoms with Crippen molar-refractivity contribution in [3.63, 3.8) is 0 Å². The van der Waals surface area contributed by atoms with Crippen LogP contribution in [0.3, 0.4) is 0 Å². The third kappa shape index (κ3) is 3.46. The van der Waals surface area contributed by atoms with E-state index in [4.69, 9.17) is 17.4 Å². The summed E-state index contributed by atoms with van der Waals surface area (Å²) in [5.74, 6) is 5.50. The second-order valence-electron chi connectivity index (χ2n) is 5.32. The van der Waals surface area contributed by atoms with Gasteiger partial charge >= 0.3 is 0 Å². The Labute approximate surface area is 130 Å². The van der Waals surface area contributed by atoms with E-state index in [2.05, 4.69) is 10.4 Å². The molecular weight excluding hydrogens is 314 g/mol. The van der Waals surface area contributed by atoms with E-state index in [1.165, 1.54) is 16.6 Å². The average molecular weight is 334 g/mol. The molecule has 1 atom stereocenters. The van der Waals surface area contributed by atoms with Crippen LogP contribution in [0.25, 0.3) is 0 Å². The van der Waals surface area contributed by atoms with Gasteiger partial charge in [-0.3, -0.25) is 0 Å². The van der Waals surface area contributed by atoms with Crippen LogP contribution < -0.4 is 11.3 Å². The lowest BCUT2D eigenvalue weighted by Crippen LogP contribution is -2.41. The maximum Gasteiger partial charge on any atom is 0.244 e. The van der Waals surface area contributed by atoms with Crippen molar-refractivity contribution in [1.29, 1.82) is 0 Å². The molecule has 0 bridgehead atoms. The van der Waals surface area contributed by atoms with Crippen LogP contribution >= 0.6 is 11.6 Å². The molecule has 9 heteroatoms.